The van der Waals surface area contributed by atoms with Crippen LogP contribution in [0.4, 0.5) is 0 Å². The van der Waals surface area contributed by atoms with Gasteiger partial charge >= 0.3 is 37.7 Å². The number of hydrogen-bond donors (Lipinski definition) is 0. The third-order valence-electron chi connectivity index (χ3n) is 0.235. The van der Waals surface area contributed by atoms with Crippen molar-refractivity contribution in [3.05, 3.63) is 10.1 Å². The molecule has 0 spiro atoms. The van der Waals surface area contributed by atoms with Crippen molar-refractivity contribution >= 4 is 37.7 Å². The molecule has 0 saturated heterocycles. The Labute approximate surface area is 73.9 Å². The largest absolute Gasteiger partial charge is 2.00 e. The van der Waals surface area contributed by atoms with E-state index in [1.54, 1.807) is 6.92 Å². The van der Waals surface area contributed by atoms with E-state index in [1.807, 2.05) is 0 Å². The Morgan fingerprint density at radius 1 is 2.00 bits per heavy atom. The molecule has 0 aromatic rings. The smallest absolute Gasteiger partial charge is 1.00 e. The van der Waals surface area contributed by atoms with Gasteiger partial charge in [-0.25, -0.2) is 0 Å². The van der Waals surface area contributed by atoms with E-state index in [9.17, 15) is 10.1 Å². The van der Waals surface area contributed by atoms with E-state index in [0.717, 1.165) is 0 Å². The van der Waals surface area contributed by atoms with Crippen LogP contribution in [0.1, 0.15) is 9.78 Å². The molecule has 0 bridgehead atoms. The van der Waals surface area contributed by atoms with Crippen LogP contribution in [0.15, 0.2) is 0 Å². The number of rotatable bonds is 2. The van der Waals surface area contributed by atoms with Gasteiger partial charge in [-0.1, -0.05) is 0 Å². The minimum absolute atomic E-state index is 0. The normalized spacial score (nSPS) is 6.43. The van der Waals surface area contributed by atoms with Crippen LogP contribution in [-0.2, 0) is 4.84 Å². The summed E-state index contributed by atoms with van der Waals surface area (Å²) in [6, 6.07) is 0. The third-order valence-corrected chi connectivity index (χ3v) is 0.235. The standard InChI is InChI=1S/C2H5NO3.Ca.2H/c1-2-6-3(4)5;;;/h2H2,1H3;;;/q;+2;2*-1. The van der Waals surface area contributed by atoms with E-state index >= 15 is 0 Å². The Balaban J connectivity index is -0.0000000417. The van der Waals surface area contributed by atoms with Gasteiger partial charge in [0.15, 0.2) is 0 Å². The Bertz CT molecular complexity index is 63.8. The van der Waals surface area contributed by atoms with Crippen LogP contribution in [0.3, 0.4) is 0 Å². The molecule has 40 valence electrons. The number of nitrogens with zero attached hydrogens (tertiary/aromatic N) is 1. The van der Waals surface area contributed by atoms with Crippen LogP contribution < -0.4 is 0 Å². The zero-order chi connectivity index (χ0) is 4.99. The molecule has 0 aliphatic heterocycles. The molecule has 0 saturated carbocycles. The summed E-state index contributed by atoms with van der Waals surface area (Å²) in [7, 11) is 0. The van der Waals surface area contributed by atoms with Crippen molar-refractivity contribution in [1.82, 2.24) is 0 Å². The second-order valence-corrected chi connectivity index (χ2v) is 0.641. The maximum Gasteiger partial charge on any atom is 2.00 e. The average Bonchev–Trinajstić information content (AvgIpc) is 1.35. The first-order chi connectivity index (χ1) is 2.77. The zero-order valence-corrected chi connectivity index (χ0v) is 6.29. The molecule has 0 unspecified atom stereocenters. The molecule has 4 nitrogen and oxygen atoms in total. The van der Waals surface area contributed by atoms with Gasteiger partial charge in [0, 0.05) is 0 Å². The summed E-state index contributed by atoms with van der Waals surface area (Å²) < 4.78 is 0. The van der Waals surface area contributed by atoms with Crippen molar-refractivity contribution in [2.24, 2.45) is 0 Å². The predicted octanol–water partition coefficient (Wildman–Crippen LogP) is 0.0588. The Kier molecular flexibility index (Phi) is 9.64. The summed E-state index contributed by atoms with van der Waals surface area (Å²) in [4.78, 5) is 12.9. The monoisotopic (exact) mass is 133 g/mol. The van der Waals surface area contributed by atoms with Crippen LogP contribution in [0, 0.1) is 10.1 Å². The molecule has 0 fully saturated rings. The topological polar surface area (TPSA) is 52.4 Å². The fraction of sp³-hybridized carbons (Fsp3) is 1.00. The first kappa shape index (κ1) is 10.4. The molecule has 0 radical (unpaired) electrons. The predicted molar refractivity (Wildman–Crippen MR) is 26.6 cm³/mol. The summed E-state index contributed by atoms with van der Waals surface area (Å²) in [6.45, 7) is 1.69. The van der Waals surface area contributed by atoms with Gasteiger partial charge in [0.05, 0.1) is 6.61 Å². The van der Waals surface area contributed by atoms with Crippen LogP contribution in [0.25, 0.3) is 0 Å². The molecule has 0 aromatic heterocycles. The maximum absolute atomic E-state index is 9.18. The van der Waals surface area contributed by atoms with E-state index in [-0.39, 0.29) is 47.2 Å². The molecule has 0 heterocycles. The molecule has 0 aromatic carbocycles. The molecule has 0 aliphatic carbocycles. The van der Waals surface area contributed by atoms with Crippen molar-refractivity contribution in [2.75, 3.05) is 6.61 Å². The van der Waals surface area contributed by atoms with E-state index in [1.165, 1.54) is 0 Å². The van der Waals surface area contributed by atoms with Crippen LogP contribution in [-0.4, -0.2) is 49.4 Å². The summed E-state index contributed by atoms with van der Waals surface area (Å²) in [6.07, 6.45) is 0. The van der Waals surface area contributed by atoms with Gasteiger partial charge in [0.2, 0.25) is 0 Å². The fourth-order valence-corrected chi connectivity index (χ4v) is 0.105. The molecular formula is C2H7CaNO3. The summed E-state index contributed by atoms with van der Waals surface area (Å²) in [5.41, 5.74) is 0. The third kappa shape index (κ3) is 10.7. The van der Waals surface area contributed by atoms with Crippen molar-refractivity contribution in [2.45, 2.75) is 6.92 Å². The Hall–Kier alpha value is 0.460. The van der Waals surface area contributed by atoms with E-state index in [4.69, 9.17) is 0 Å². The van der Waals surface area contributed by atoms with Gasteiger partial charge in [-0.15, -0.1) is 10.1 Å². The average molecular weight is 133 g/mol. The minimum atomic E-state index is -0.819. The van der Waals surface area contributed by atoms with Crippen LogP contribution >= 0.6 is 0 Å². The summed E-state index contributed by atoms with van der Waals surface area (Å²) in [5.74, 6) is 0. The molecule has 0 atom stereocenters. The van der Waals surface area contributed by atoms with Crippen molar-refractivity contribution in [1.29, 1.82) is 0 Å². The first-order valence-corrected chi connectivity index (χ1v) is 1.54. The van der Waals surface area contributed by atoms with Gasteiger partial charge in [-0.3, -0.25) is 0 Å². The van der Waals surface area contributed by atoms with Crippen molar-refractivity contribution < 1.29 is 12.8 Å². The van der Waals surface area contributed by atoms with E-state index in [2.05, 4.69) is 4.84 Å². The van der Waals surface area contributed by atoms with Gasteiger partial charge in [0.1, 0.15) is 0 Å². The van der Waals surface area contributed by atoms with Gasteiger partial charge in [-0.2, -0.15) is 0 Å². The van der Waals surface area contributed by atoms with Crippen LogP contribution in [0.2, 0.25) is 0 Å². The molecule has 0 N–H and O–H groups in total. The van der Waals surface area contributed by atoms with Gasteiger partial charge in [-0.05, 0) is 6.92 Å². The molecule has 0 amide bonds. The van der Waals surface area contributed by atoms with Gasteiger partial charge in [0.25, 0.3) is 5.09 Å². The second kappa shape index (κ2) is 6.46. The molecule has 0 aliphatic rings. The Morgan fingerprint density at radius 3 is 2.43 bits per heavy atom. The summed E-state index contributed by atoms with van der Waals surface area (Å²) >= 11 is 0. The van der Waals surface area contributed by atoms with E-state index < -0.39 is 5.09 Å². The maximum atomic E-state index is 9.18. The second-order valence-electron chi connectivity index (χ2n) is 0.641. The van der Waals surface area contributed by atoms with Crippen molar-refractivity contribution in [3.8, 4) is 0 Å². The molecule has 5 heteroatoms. The first-order valence-electron chi connectivity index (χ1n) is 1.54. The molecule has 7 heavy (non-hydrogen) atoms. The Morgan fingerprint density at radius 2 is 2.43 bits per heavy atom. The number of hydrogen-bond acceptors (Lipinski definition) is 3. The molecule has 0 rings (SSSR count). The minimum Gasteiger partial charge on any atom is -1.00 e. The summed E-state index contributed by atoms with van der Waals surface area (Å²) in [5, 5.41) is 8.36. The van der Waals surface area contributed by atoms with Gasteiger partial charge < -0.3 is 7.69 Å². The van der Waals surface area contributed by atoms with Crippen LogP contribution in [0.5, 0.6) is 0 Å². The molecular weight excluding hydrogens is 126 g/mol. The SMILES string of the molecule is CCO[N+](=O)[O-].[Ca+2].[H-].[H-]. The quantitative estimate of drug-likeness (QED) is 0.304. The zero-order valence-electron chi connectivity index (χ0n) is 6.09. The fourth-order valence-electron chi connectivity index (χ4n) is 0.105. The van der Waals surface area contributed by atoms with Crippen molar-refractivity contribution in [3.63, 3.8) is 0 Å². The van der Waals surface area contributed by atoms with E-state index in [0.29, 0.717) is 0 Å².